The number of carbonyl (C=O) groups is 1. The van der Waals surface area contributed by atoms with E-state index in [9.17, 15) is 4.79 Å². The lowest BCUT2D eigenvalue weighted by Crippen LogP contribution is -2.35. The van der Waals surface area contributed by atoms with Crippen LogP contribution < -0.4 is 5.73 Å². The van der Waals surface area contributed by atoms with Crippen LogP contribution in [0, 0.1) is 0 Å². The minimum Gasteiger partial charge on any atom is -0.363 e. The summed E-state index contributed by atoms with van der Waals surface area (Å²) in [7, 11) is 0. The van der Waals surface area contributed by atoms with E-state index in [4.69, 9.17) is 5.73 Å². The van der Waals surface area contributed by atoms with E-state index in [-0.39, 0.29) is 18.0 Å². The summed E-state index contributed by atoms with van der Waals surface area (Å²) in [6.45, 7) is 2.88. The lowest BCUT2D eigenvalue weighted by atomic mass is 10.1. The third kappa shape index (κ3) is 2.69. The molecule has 1 amide bonds. The summed E-state index contributed by atoms with van der Waals surface area (Å²) >= 11 is 0. The summed E-state index contributed by atoms with van der Waals surface area (Å²) in [5, 5.41) is 0. The molecule has 94 valence electrons. The van der Waals surface area contributed by atoms with Crippen molar-refractivity contribution in [2.45, 2.75) is 44.7 Å². The summed E-state index contributed by atoms with van der Waals surface area (Å²) in [6.07, 6.45) is 5.36. The van der Waals surface area contributed by atoms with Crippen LogP contribution >= 0.6 is 0 Å². The molecule has 0 bridgehead atoms. The molecule has 0 saturated carbocycles. The predicted molar refractivity (Wildman–Crippen MR) is 67.4 cm³/mol. The first-order valence-corrected chi connectivity index (χ1v) is 6.40. The molecule has 0 aromatic carbocycles. The Kier molecular flexibility index (Phi) is 3.84. The molecule has 1 aliphatic heterocycles. The molecule has 3 N–H and O–H groups in total. The van der Waals surface area contributed by atoms with E-state index in [1.165, 1.54) is 0 Å². The number of nitrogens with zero attached hydrogens (tertiary/aromatic N) is 1. The second kappa shape index (κ2) is 5.36. The largest absolute Gasteiger partial charge is 0.363 e. The van der Waals surface area contributed by atoms with E-state index >= 15 is 0 Å². The third-order valence-corrected chi connectivity index (χ3v) is 3.52. The molecule has 0 radical (unpaired) electrons. The highest BCUT2D eigenvalue weighted by Crippen LogP contribution is 2.31. The summed E-state index contributed by atoms with van der Waals surface area (Å²) in [5.74, 6) is 0.191. The molecular weight excluding hydrogens is 214 g/mol. The molecule has 1 aliphatic rings. The summed E-state index contributed by atoms with van der Waals surface area (Å²) < 4.78 is 0. The summed E-state index contributed by atoms with van der Waals surface area (Å²) in [5.41, 5.74) is 6.99. The van der Waals surface area contributed by atoms with Crippen molar-refractivity contribution in [3.8, 4) is 0 Å². The number of hydrogen-bond acceptors (Lipinski definition) is 2. The van der Waals surface area contributed by atoms with Crippen LogP contribution in [0.1, 0.15) is 44.3 Å². The molecule has 1 fully saturated rings. The van der Waals surface area contributed by atoms with Crippen LogP contribution in [-0.4, -0.2) is 28.4 Å². The van der Waals surface area contributed by atoms with Crippen LogP contribution in [0.4, 0.5) is 0 Å². The first-order chi connectivity index (χ1) is 8.22. The van der Waals surface area contributed by atoms with Gasteiger partial charge in [-0.05, 0) is 31.4 Å². The van der Waals surface area contributed by atoms with E-state index in [2.05, 4.69) is 11.1 Å². The molecule has 17 heavy (non-hydrogen) atoms. The van der Waals surface area contributed by atoms with E-state index in [0.717, 1.165) is 31.5 Å². The first-order valence-electron chi connectivity index (χ1n) is 6.40. The predicted octanol–water partition coefficient (Wildman–Crippen LogP) is 1.81. The number of likely N-dealkylation sites (tertiary alicyclic amines) is 1. The fourth-order valence-corrected chi connectivity index (χ4v) is 2.43. The second-order valence-electron chi connectivity index (χ2n) is 4.74. The zero-order valence-electron chi connectivity index (χ0n) is 10.4. The van der Waals surface area contributed by atoms with E-state index in [1.54, 1.807) is 0 Å². The van der Waals surface area contributed by atoms with Crippen molar-refractivity contribution >= 4 is 5.91 Å². The maximum Gasteiger partial charge on any atom is 0.224 e. The number of H-pyrrole nitrogens is 1. The molecule has 1 aromatic heterocycles. The van der Waals surface area contributed by atoms with Crippen molar-refractivity contribution in [3.05, 3.63) is 24.0 Å². The number of rotatable bonds is 4. The van der Waals surface area contributed by atoms with E-state index in [0.29, 0.717) is 6.42 Å². The normalized spacial score (nSPS) is 21.8. The monoisotopic (exact) mass is 235 g/mol. The molecule has 2 heterocycles. The standard InChI is InChI=1S/C13H21N3O/c1-2-10(14)9-13(17)16-8-4-6-12(16)11-5-3-7-15-11/h3,5,7,10,12,15H,2,4,6,8-9,14H2,1H3. The lowest BCUT2D eigenvalue weighted by molar-refractivity contribution is -0.132. The topological polar surface area (TPSA) is 62.1 Å². The van der Waals surface area contributed by atoms with Gasteiger partial charge in [-0.15, -0.1) is 0 Å². The quantitative estimate of drug-likeness (QED) is 0.836. The molecule has 2 atom stereocenters. The van der Waals surface area contributed by atoms with Gasteiger partial charge in [0, 0.05) is 30.9 Å². The Labute approximate surface area is 102 Å². The van der Waals surface area contributed by atoms with Gasteiger partial charge < -0.3 is 15.6 Å². The maximum absolute atomic E-state index is 12.2. The highest BCUT2D eigenvalue weighted by atomic mass is 16.2. The van der Waals surface area contributed by atoms with Gasteiger partial charge >= 0.3 is 0 Å². The average molecular weight is 235 g/mol. The Morgan fingerprint density at radius 2 is 2.53 bits per heavy atom. The van der Waals surface area contributed by atoms with Crippen LogP contribution in [0.5, 0.6) is 0 Å². The highest BCUT2D eigenvalue weighted by Gasteiger charge is 2.30. The van der Waals surface area contributed by atoms with Gasteiger partial charge in [-0.3, -0.25) is 4.79 Å². The fourth-order valence-electron chi connectivity index (χ4n) is 2.43. The van der Waals surface area contributed by atoms with Gasteiger partial charge in [-0.1, -0.05) is 6.92 Å². The van der Waals surface area contributed by atoms with Crippen LogP contribution in [0.3, 0.4) is 0 Å². The molecule has 4 nitrogen and oxygen atoms in total. The smallest absolute Gasteiger partial charge is 0.224 e. The Morgan fingerprint density at radius 3 is 3.18 bits per heavy atom. The highest BCUT2D eigenvalue weighted by molar-refractivity contribution is 5.77. The molecule has 1 saturated heterocycles. The van der Waals surface area contributed by atoms with Crippen molar-refractivity contribution in [2.75, 3.05) is 6.54 Å². The number of nitrogens with one attached hydrogen (secondary N) is 1. The van der Waals surface area contributed by atoms with Crippen molar-refractivity contribution < 1.29 is 4.79 Å². The molecule has 0 aliphatic carbocycles. The summed E-state index contributed by atoms with van der Waals surface area (Å²) in [4.78, 5) is 17.3. The van der Waals surface area contributed by atoms with Crippen LogP contribution in [0.2, 0.25) is 0 Å². The zero-order valence-corrected chi connectivity index (χ0v) is 10.4. The van der Waals surface area contributed by atoms with E-state index in [1.807, 2.05) is 24.1 Å². The number of nitrogens with two attached hydrogens (primary N) is 1. The molecular formula is C13H21N3O. The van der Waals surface area contributed by atoms with Crippen molar-refractivity contribution in [3.63, 3.8) is 0 Å². The Morgan fingerprint density at radius 1 is 1.71 bits per heavy atom. The Hall–Kier alpha value is -1.29. The van der Waals surface area contributed by atoms with Gasteiger partial charge in [0.1, 0.15) is 0 Å². The maximum atomic E-state index is 12.2. The minimum atomic E-state index is -0.00704. The third-order valence-electron chi connectivity index (χ3n) is 3.52. The second-order valence-corrected chi connectivity index (χ2v) is 4.74. The van der Waals surface area contributed by atoms with Gasteiger partial charge in [0.15, 0.2) is 0 Å². The summed E-state index contributed by atoms with van der Waals surface area (Å²) in [6, 6.07) is 4.25. The van der Waals surface area contributed by atoms with Gasteiger partial charge in [0.05, 0.1) is 6.04 Å². The molecule has 4 heteroatoms. The number of aromatic nitrogens is 1. The lowest BCUT2D eigenvalue weighted by Gasteiger charge is -2.25. The molecule has 0 spiro atoms. The Balaban J connectivity index is 2.02. The van der Waals surface area contributed by atoms with Crippen molar-refractivity contribution in [1.29, 1.82) is 0 Å². The van der Waals surface area contributed by atoms with Crippen LogP contribution in [-0.2, 0) is 4.79 Å². The Bertz CT molecular complexity index is 361. The van der Waals surface area contributed by atoms with Crippen LogP contribution in [0.25, 0.3) is 0 Å². The van der Waals surface area contributed by atoms with Crippen molar-refractivity contribution in [1.82, 2.24) is 9.88 Å². The number of carbonyl (C=O) groups excluding carboxylic acids is 1. The number of hydrogen-bond donors (Lipinski definition) is 2. The number of amides is 1. The van der Waals surface area contributed by atoms with Gasteiger partial charge in [0.2, 0.25) is 5.91 Å². The first kappa shape index (κ1) is 12.2. The zero-order chi connectivity index (χ0) is 12.3. The van der Waals surface area contributed by atoms with Gasteiger partial charge in [0.25, 0.3) is 0 Å². The van der Waals surface area contributed by atoms with Crippen LogP contribution in [0.15, 0.2) is 18.3 Å². The fraction of sp³-hybridized carbons (Fsp3) is 0.615. The molecule has 2 rings (SSSR count). The van der Waals surface area contributed by atoms with Gasteiger partial charge in [-0.25, -0.2) is 0 Å². The van der Waals surface area contributed by atoms with E-state index < -0.39 is 0 Å². The van der Waals surface area contributed by atoms with Gasteiger partial charge in [-0.2, -0.15) is 0 Å². The minimum absolute atomic E-state index is 0.00704. The molecule has 2 unspecified atom stereocenters. The SMILES string of the molecule is CCC(N)CC(=O)N1CCCC1c1ccc[nH]1. The average Bonchev–Trinajstić information content (AvgIpc) is 2.98. The molecule has 1 aromatic rings. The van der Waals surface area contributed by atoms with Crippen molar-refractivity contribution in [2.24, 2.45) is 5.73 Å². The number of aromatic amines is 1.